The summed E-state index contributed by atoms with van der Waals surface area (Å²) in [5.74, 6) is 0. The maximum Gasteiger partial charge on any atom is 0.0540 e. The Morgan fingerprint density at radius 2 is 0.754 bits per heavy atom. The maximum absolute atomic E-state index is 3.51. The summed E-state index contributed by atoms with van der Waals surface area (Å²) in [5, 5.41) is 5.16. The Bertz CT molecular complexity index is 2880. The normalized spacial score (nSPS) is 10.6. The lowest BCUT2D eigenvalue weighted by Crippen LogP contribution is -2.10. The lowest BCUT2D eigenvalue weighted by Gasteiger charge is -2.27. The molecule has 0 spiro atoms. The van der Waals surface area contributed by atoms with Gasteiger partial charge in [0.15, 0.2) is 0 Å². The maximum atomic E-state index is 3.51. The predicted octanol–water partition coefficient (Wildman–Crippen LogP) is 17.9. The third-order valence-electron chi connectivity index (χ3n) is 10.5. The monoisotopic (exact) mass is 1030 g/mol. The molecule has 0 N–H and O–H groups in total. The van der Waals surface area contributed by atoms with Crippen molar-refractivity contribution in [2.24, 2.45) is 0 Å². The first-order chi connectivity index (χ1) is 30.0. The summed E-state index contributed by atoms with van der Waals surface area (Å²) in [5.41, 5.74) is 11.2. The molecule has 0 amide bonds. The van der Waals surface area contributed by atoms with Gasteiger partial charge < -0.3 is 4.90 Å². The molecule has 0 heterocycles. The molecule has 296 valence electrons. The average molecular weight is 1030 g/mol. The molecule has 0 radical (unpaired) electrons. The van der Waals surface area contributed by atoms with Crippen LogP contribution < -0.4 is 4.90 Å². The molecular weight excluding hydrogens is 985 g/mol. The SMILES string of the molecule is Brc1ccc(-c2ccc(I)cc2)cc1.Brc1ccc(-c2ccc(N(c3ccccc3)c3cccc4ccccc34)cc2)cc1.c1ccc(Cc2cccc3ccccc23)cc1. The van der Waals surface area contributed by atoms with Crippen LogP contribution in [0.5, 0.6) is 0 Å². The quantitative estimate of drug-likeness (QED) is 0.144. The lowest BCUT2D eigenvalue weighted by atomic mass is 9.99. The Labute approximate surface area is 389 Å². The van der Waals surface area contributed by atoms with Gasteiger partial charge in [-0.3, -0.25) is 0 Å². The Hall–Kier alpha value is -5.79. The second-order valence-corrected chi connectivity index (χ2v) is 17.6. The summed E-state index contributed by atoms with van der Waals surface area (Å²) < 4.78 is 3.48. The Balaban J connectivity index is 0.000000140. The van der Waals surface area contributed by atoms with Crippen molar-refractivity contribution in [2.75, 3.05) is 4.90 Å². The summed E-state index contributed by atoms with van der Waals surface area (Å²) in [6.07, 6.45) is 1.00. The molecule has 0 atom stereocenters. The Kier molecular flexibility index (Phi) is 14.2. The molecule has 0 aromatic heterocycles. The van der Waals surface area contributed by atoms with Gasteiger partial charge in [-0.25, -0.2) is 0 Å². The minimum absolute atomic E-state index is 1.00. The number of hydrogen-bond acceptors (Lipinski definition) is 1. The van der Waals surface area contributed by atoms with Crippen LogP contribution in [0.25, 0.3) is 43.8 Å². The molecule has 0 saturated carbocycles. The van der Waals surface area contributed by atoms with Crippen molar-refractivity contribution in [1.82, 2.24) is 0 Å². The number of benzene rings is 10. The fourth-order valence-corrected chi connectivity index (χ4v) is 8.29. The minimum atomic E-state index is 1.00. The van der Waals surface area contributed by atoms with Crippen LogP contribution in [0.4, 0.5) is 17.1 Å². The van der Waals surface area contributed by atoms with Crippen LogP contribution in [0.1, 0.15) is 11.1 Å². The van der Waals surface area contributed by atoms with E-state index in [0.29, 0.717) is 0 Å². The molecule has 0 unspecified atom stereocenters. The van der Waals surface area contributed by atoms with E-state index in [2.05, 4.69) is 302 Å². The number of fused-ring (bicyclic) bond motifs is 2. The van der Waals surface area contributed by atoms with Gasteiger partial charge in [0.05, 0.1) is 5.69 Å². The molecule has 10 aromatic carbocycles. The fraction of sp³-hybridized carbons (Fsp3) is 0.0175. The van der Waals surface area contributed by atoms with E-state index < -0.39 is 0 Å². The van der Waals surface area contributed by atoms with E-state index in [1.807, 2.05) is 0 Å². The highest BCUT2D eigenvalue weighted by Gasteiger charge is 2.15. The van der Waals surface area contributed by atoms with E-state index in [0.717, 1.165) is 26.7 Å². The molecular formula is C57H42Br2IN. The molecule has 0 aliphatic heterocycles. The van der Waals surface area contributed by atoms with Crippen LogP contribution in [-0.4, -0.2) is 0 Å². The first-order valence-electron chi connectivity index (χ1n) is 20.2. The van der Waals surface area contributed by atoms with E-state index in [9.17, 15) is 0 Å². The zero-order chi connectivity index (χ0) is 41.8. The highest BCUT2D eigenvalue weighted by Crippen LogP contribution is 2.39. The van der Waals surface area contributed by atoms with Crippen molar-refractivity contribution in [3.63, 3.8) is 0 Å². The molecule has 0 saturated heterocycles. The van der Waals surface area contributed by atoms with Gasteiger partial charge in [-0.1, -0.05) is 208 Å². The molecule has 10 aromatic rings. The van der Waals surface area contributed by atoms with E-state index in [-0.39, 0.29) is 0 Å². The molecule has 61 heavy (non-hydrogen) atoms. The summed E-state index contributed by atoms with van der Waals surface area (Å²) in [6.45, 7) is 0. The van der Waals surface area contributed by atoms with Gasteiger partial charge in [0.1, 0.15) is 0 Å². The summed E-state index contributed by atoms with van der Waals surface area (Å²) >= 11 is 9.26. The van der Waals surface area contributed by atoms with Gasteiger partial charge in [-0.2, -0.15) is 0 Å². The van der Waals surface area contributed by atoms with Crippen molar-refractivity contribution >= 4 is 93.1 Å². The number of rotatable bonds is 7. The van der Waals surface area contributed by atoms with Crippen molar-refractivity contribution in [2.45, 2.75) is 6.42 Å². The first kappa shape index (κ1) is 41.9. The summed E-state index contributed by atoms with van der Waals surface area (Å²) in [6, 6.07) is 85.4. The topological polar surface area (TPSA) is 3.24 Å². The fourth-order valence-electron chi connectivity index (χ4n) is 7.40. The predicted molar refractivity (Wildman–Crippen MR) is 277 cm³/mol. The van der Waals surface area contributed by atoms with Crippen LogP contribution in [0.15, 0.2) is 252 Å². The molecule has 1 nitrogen and oxygen atoms in total. The van der Waals surface area contributed by atoms with Crippen LogP contribution in [0.3, 0.4) is 0 Å². The van der Waals surface area contributed by atoms with Gasteiger partial charge in [0, 0.05) is 29.3 Å². The molecule has 10 rings (SSSR count). The Morgan fingerprint density at radius 1 is 0.344 bits per heavy atom. The second-order valence-electron chi connectivity index (χ2n) is 14.5. The van der Waals surface area contributed by atoms with E-state index in [4.69, 9.17) is 0 Å². The molecule has 0 aliphatic rings. The zero-order valence-electron chi connectivity index (χ0n) is 33.4. The lowest BCUT2D eigenvalue weighted by molar-refractivity contribution is 1.21. The van der Waals surface area contributed by atoms with Gasteiger partial charge >= 0.3 is 0 Å². The van der Waals surface area contributed by atoms with Crippen molar-refractivity contribution in [3.8, 4) is 22.3 Å². The molecule has 0 aliphatic carbocycles. The number of hydrogen-bond donors (Lipinski definition) is 0. The summed E-state index contributed by atoms with van der Waals surface area (Å²) in [4.78, 5) is 2.33. The van der Waals surface area contributed by atoms with Crippen molar-refractivity contribution in [3.05, 3.63) is 266 Å². The highest BCUT2D eigenvalue weighted by atomic mass is 127. The Morgan fingerprint density at radius 3 is 1.33 bits per heavy atom. The first-order valence-corrected chi connectivity index (χ1v) is 22.9. The van der Waals surface area contributed by atoms with Crippen LogP contribution in [0.2, 0.25) is 0 Å². The van der Waals surface area contributed by atoms with E-state index in [1.54, 1.807) is 0 Å². The average Bonchev–Trinajstić information content (AvgIpc) is 3.32. The van der Waals surface area contributed by atoms with Gasteiger partial charge in [-0.05, 0) is 145 Å². The molecule has 4 heteroatoms. The highest BCUT2D eigenvalue weighted by molar-refractivity contribution is 14.1. The zero-order valence-corrected chi connectivity index (χ0v) is 38.7. The third kappa shape index (κ3) is 10.9. The van der Waals surface area contributed by atoms with Gasteiger partial charge in [-0.15, -0.1) is 0 Å². The summed E-state index contributed by atoms with van der Waals surface area (Å²) in [7, 11) is 0. The number of anilines is 3. The van der Waals surface area contributed by atoms with Gasteiger partial charge in [0.2, 0.25) is 0 Å². The third-order valence-corrected chi connectivity index (χ3v) is 12.2. The van der Waals surface area contributed by atoms with Crippen LogP contribution in [-0.2, 0) is 6.42 Å². The largest absolute Gasteiger partial charge is 0.310 e. The second kappa shape index (κ2) is 20.7. The smallest absolute Gasteiger partial charge is 0.0540 e. The van der Waals surface area contributed by atoms with Gasteiger partial charge in [0.25, 0.3) is 0 Å². The minimum Gasteiger partial charge on any atom is -0.310 e. The molecule has 0 bridgehead atoms. The van der Waals surface area contributed by atoms with E-state index >= 15 is 0 Å². The van der Waals surface area contributed by atoms with Crippen LogP contribution >= 0.6 is 54.5 Å². The standard InChI is InChI=1S/C28H20BrN.C17H14.C12H8BrI/c29-24-17-13-21(14-18-24)22-15-19-26(20-16-22)30(25-9-2-1-3-10-25)28-12-6-8-23-7-4-5-11-27(23)28;1-2-7-14(8-3-1)13-16-11-6-10-15-9-4-5-12-17(15)16;13-11-5-1-9(2-6-11)10-3-7-12(14)8-4-10/h1-20H;1-12H,13H2;1-8H. The number of para-hydroxylation sites is 1. The van der Waals surface area contributed by atoms with Crippen molar-refractivity contribution in [1.29, 1.82) is 0 Å². The van der Waals surface area contributed by atoms with Crippen LogP contribution in [0, 0.1) is 3.57 Å². The van der Waals surface area contributed by atoms with E-state index in [1.165, 1.54) is 64.2 Å². The number of halogens is 3. The molecule has 0 fully saturated rings. The number of nitrogens with zero attached hydrogens (tertiary/aromatic N) is 1. The van der Waals surface area contributed by atoms with Crippen molar-refractivity contribution < 1.29 is 0 Å².